The van der Waals surface area contributed by atoms with Gasteiger partial charge in [0.05, 0.1) is 11.1 Å². The van der Waals surface area contributed by atoms with Crippen molar-refractivity contribution in [2.24, 2.45) is 0 Å². The number of hydrogen-bond acceptors (Lipinski definition) is 5. The number of anilines is 1. The maximum absolute atomic E-state index is 13.8. The van der Waals surface area contributed by atoms with Crippen LogP contribution in [0.5, 0.6) is 0 Å². The number of hydrogen-bond donors (Lipinski definition) is 0. The summed E-state index contributed by atoms with van der Waals surface area (Å²) in [6.45, 7) is 4.06. The van der Waals surface area contributed by atoms with Crippen LogP contribution in [0.15, 0.2) is 29.1 Å². The Hall–Kier alpha value is -2.67. The van der Waals surface area contributed by atoms with Crippen molar-refractivity contribution in [3.8, 4) is 5.69 Å². The predicted molar refractivity (Wildman–Crippen MR) is 121 cm³/mol. The maximum Gasteiger partial charge on any atom is 0.268 e. The van der Waals surface area contributed by atoms with Crippen LogP contribution in [-0.2, 0) is 12.8 Å². The van der Waals surface area contributed by atoms with E-state index in [1.54, 1.807) is 15.9 Å². The molecule has 30 heavy (non-hydrogen) atoms. The fourth-order valence-corrected chi connectivity index (χ4v) is 6.33. The van der Waals surface area contributed by atoms with Gasteiger partial charge in [0.2, 0.25) is 11.7 Å². The van der Waals surface area contributed by atoms with E-state index in [-0.39, 0.29) is 5.56 Å². The summed E-state index contributed by atoms with van der Waals surface area (Å²) in [5.41, 5.74) is 3.32. The number of rotatable bonds is 2. The maximum atomic E-state index is 13.8. The van der Waals surface area contributed by atoms with Crippen LogP contribution in [0.2, 0.25) is 0 Å². The molecule has 0 bridgehead atoms. The zero-order valence-electron chi connectivity index (χ0n) is 17.2. The van der Waals surface area contributed by atoms with Gasteiger partial charge in [0.1, 0.15) is 4.83 Å². The highest BCUT2D eigenvalue weighted by atomic mass is 32.1. The molecule has 1 aliphatic heterocycles. The molecule has 0 N–H and O–H groups in total. The molecule has 154 valence electrons. The van der Waals surface area contributed by atoms with Crippen molar-refractivity contribution in [2.45, 2.75) is 51.9 Å². The molecule has 2 aliphatic rings. The normalized spacial score (nSPS) is 17.0. The lowest BCUT2D eigenvalue weighted by molar-refractivity contribution is 0.567. The average Bonchev–Trinajstić information content (AvgIpc) is 3.38. The van der Waals surface area contributed by atoms with E-state index in [9.17, 15) is 4.79 Å². The van der Waals surface area contributed by atoms with Gasteiger partial charge in [0, 0.05) is 18.0 Å². The lowest BCUT2D eigenvalue weighted by Gasteiger charge is -2.26. The van der Waals surface area contributed by atoms with E-state index < -0.39 is 0 Å². The smallest absolute Gasteiger partial charge is 0.268 e. The molecule has 0 amide bonds. The van der Waals surface area contributed by atoms with Crippen LogP contribution in [0.25, 0.3) is 21.7 Å². The Kier molecular flexibility index (Phi) is 4.19. The zero-order chi connectivity index (χ0) is 20.2. The lowest BCUT2D eigenvalue weighted by Crippen LogP contribution is -2.31. The fraction of sp³-hybridized carbons (Fsp3) is 0.435. The van der Waals surface area contributed by atoms with Crippen molar-refractivity contribution >= 4 is 33.3 Å². The van der Waals surface area contributed by atoms with Crippen LogP contribution in [0.3, 0.4) is 0 Å². The van der Waals surface area contributed by atoms with E-state index in [0.29, 0.717) is 5.78 Å². The quantitative estimate of drug-likeness (QED) is 0.487. The standard InChI is InChI=1S/C23H25N5OS/c1-15-9-11-16(12-10-15)27-20(29)19-17-7-3-4-8-18(17)30-21(19)28-22(24-25-23(27)28)26-13-5-2-6-14-26/h9-12H,2-8,13-14H2,1H3. The lowest BCUT2D eigenvalue weighted by atomic mass is 9.97. The van der Waals surface area contributed by atoms with Gasteiger partial charge in [-0.05, 0) is 69.6 Å². The molecule has 0 radical (unpaired) electrons. The summed E-state index contributed by atoms with van der Waals surface area (Å²) in [7, 11) is 0. The van der Waals surface area contributed by atoms with Gasteiger partial charge in [-0.2, -0.15) is 0 Å². The minimum absolute atomic E-state index is 0.0401. The summed E-state index contributed by atoms with van der Waals surface area (Å²) in [4.78, 5) is 18.6. The van der Waals surface area contributed by atoms with Crippen LogP contribution in [0.1, 0.15) is 48.1 Å². The van der Waals surface area contributed by atoms with Gasteiger partial charge in [0.25, 0.3) is 5.56 Å². The minimum atomic E-state index is 0.0401. The number of thiophene rings is 1. The Labute approximate surface area is 178 Å². The zero-order valence-corrected chi connectivity index (χ0v) is 18.0. The first-order chi connectivity index (χ1) is 14.7. The van der Waals surface area contributed by atoms with E-state index >= 15 is 0 Å². The summed E-state index contributed by atoms with van der Waals surface area (Å²) in [5, 5.41) is 10.0. The third-order valence-electron chi connectivity index (χ3n) is 6.53. The molecule has 0 unspecified atom stereocenters. The van der Waals surface area contributed by atoms with Crippen LogP contribution in [0.4, 0.5) is 5.95 Å². The molecule has 4 heterocycles. The highest BCUT2D eigenvalue weighted by Gasteiger charge is 2.27. The molecule has 4 aromatic rings. The first-order valence-corrected chi connectivity index (χ1v) is 11.8. The molecule has 0 spiro atoms. The fourth-order valence-electron chi connectivity index (χ4n) is 4.95. The summed E-state index contributed by atoms with van der Waals surface area (Å²) < 4.78 is 3.93. The second kappa shape index (κ2) is 6.94. The molecule has 0 atom stereocenters. The van der Waals surface area contributed by atoms with Crippen LogP contribution < -0.4 is 10.5 Å². The number of aryl methyl sites for hydroxylation is 3. The van der Waals surface area contributed by atoms with Gasteiger partial charge in [0.15, 0.2) is 0 Å². The number of piperidine rings is 1. The Bertz CT molecular complexity index is 1310. The van der Waals surface area contributed by atoms with Gasteiger partial charge in [-0.3, -0.25) is 4.79 Å². The van der Waals surface area contributed by atoms with E-state index in [1.807, 2.05) is 24.3 Å². The monoisotopic (exact) mass is 419 g/mol. The van der Waals surface area contributed by atoms with Crippen molar-refractivity contribution in [2.75, 3.05) is 18.0 Å². The van der Waals surface area contributed by atoms with Crippen molar-refractivity contribution in [1.82, 2.24) is 19.2 Å². The second-order valence-electron chi connectivity index (χ2n) is 8.55. The Morgan fingerprint density at radius 3 is 2.50 bits per heavy atom. The summed E-state index contributed by atoms with van der Waals surface area (Å²) in [6, 6.07) is 8.12. The van der Waals surface area contributed by atoms with Gasteiger partial charge in [-0.25, -0.2) is 8.97 Å². The number of aromatic nitrogens is 4. The molecular weight excluding hydrogens is 394 g/mol. The SMILES string of the molecule is Cc1ccc(-n2c(=O)c3c4c(sc3n3c(N5CCCCC5)nnc23)CCCC4)cc1. The molecule has 7 heteroatoms. The van der Waals surface area contributed by atoms with Crippen LogP contribution in [-0.4, -0.2) is 32.3 Å². The molecule has 6 nitrogen and oxygen atoms in total. The molecule has 0 saturated carbocycles. The molecule has 6 rings (SSSR count). The first kappa shape index (κ1) is 18.1. The Morgan fingerprint density at radius 2 is 1.70 bits per heavy atom. The molecular formula is C23H25N5OS. The van der Waals surface area contributed by atoms with E-state index in [4.69, 9.17) is 0 Å². The first-order valence-electron chi connectivity index (χ1n) is 11.0. The highest BCUT2D eigenvalue weighted by Crippen LogP contribution is 2.36. The Balaban J connectivity index is 1.72. The van der Waals surface area contributed by atoms with Crippen molar-refractivity contribution in [1.29, 1.82) is 0 Å². The van der Waals surface area contributed by atoms with E-state index in [2.05, 4.69) is 26.4 Å². The van der Waals surface area contributed by atoms with E-state index in [1.165, 1.54) is 41.7 Å². The average molecular weight is 420 g/mol. The van der Waals surface area contributed by atoms with Crippen molar-refractivity contribution in [3.05, 3.63) is 50.6 Å². The van der Waals surface area contributed by atoms with Crippen LogP contribution in [0, 0.1) is 6.92 Å². The number of fused-ring (bicyclic) bond motifs is 5. The highest BCUT2D eigenvalue weighted by molar-refractivity contribution is 7.19. The van der Waals surface area contributed by atoms with E-state index in [0.717, 1.165) is 54.2 Å². The summed E-state index contributed by atoms with van der Waals surface area (Å²) >= 11 is 1.78. The van der Waals surface area contributed by atoms with Crippen LogP contribution >= 0.6 is 11.3 Å². The van der Waals surface area contributed by atoms with Gasteiger partial charge >= 0.3 is 0 Å². The van der Waals surface area contributed by atoms with Crippen molar-refractivity contribution < 1.29 is 0 Å². The van der Waals surface area contributed by atoms with Crippen molar-refractivity contribution in [3.63, 3.8) is 0 Å². The second-order valence-corrected chi connectivity index (χ2v) is 9.63. The minimum Gasteiger partial charge on any atom is -0.341 e. The summed E-state index contributed by atoms with van der Waals surface area (Å²) in [5.74, 6) is 1.50. The summed E-state index contributed by atoms with van der Waals surface area (Å²) in [6.07, 6.45) is 8.04. The molecule has 3 aromatic heterocycles. The largest absolute Gasteiger partial charge is 0.341 e. The molecule has 1 aromatic carbocycles. The number of benzene rings is 1. The topological polar surface area (TPSA) is 55.4 Å². The molecule has 1 saturated heterocycles. The van der Waals surface area contributed by atoms with Gasteiger partial charge in [-0.15, -0.1) is 21.5 Å². The Morgan fingerprint density at radius 1 is 0.933 bits per heavy atom. The number of nitrogens with zero attached hydrogens (tertiary/aromatic N) is 5. The third kappa shape index (κ3) is 2.64. The molecule has 1 fully saturated rings. The molecule has 1 aliphatic carbocycles. The third-order valence-corrected chi connectivity index (χ3v) is 7.81. The predicted octanol–water partition coefficient (Wildman–Crippen LogP) is 4.27. The van der Waals surface area contributed by atoms with Gasteiger partial charge in [-0.1, -0.05) is 17.7 Å². The van der Waals surface area contributed by atoms with Gasteiger partial charge < -0.3 is 4.90 Å².